The number of para-hydroxylation sites is 1. The zero-order valence-corrected chi connectivity index (χ0v) is 16.8. The van der Waals surface area contributed by atoms with Gasteiger partial charge in [-0.15, -0.1) is 12.4 Å². The first kappa shape index (κ1) is 21.3. The predicted molar refractivity (Wildman–Crippen MR) is 109 cm³/mol. The highest BCUT2D eigenvalue weighted by molar-refractivity contribution is 5.95. The molecule has 27 heavy (non-hydrogen) atoms. The van der Waals surface area contributed by atoms with E-state index in [1.165, 1.54) is 0 Å². The number of likely N-dealkylation sites (tertiary alicyclic amines) is 1. The predicted octanol–water partition coefficient (Wildman–Crippen LogP) is 3.28. The van der Waals surface area contributed by atoms with Crippen LogP contribution in [0, 0.1) is 5.92 Å². The van der Waals surface area contributed by atoms with Gasteiger partial charge in [0.25, 0.3) is 5.91 Å². The molecule has 1 aromatic carbocycles. The lowest BCUT2D eigenvalue weighted by Crippen LogP contribution is -2.42. The topological polar surface area (TPSA) is 73.4 Å². The zero-order chi connectivity index (χ0) is 18.5. The molecule has 2 aromatic rings. The lowest BCUT2D eigenvalue weighted by atomic mass is 9.91. The van der Waals surface area contributed by atoms with E-state index < -0.39 is 0 Å². The Bertz CT molecular complexity index is 725. The molecule has 0 aliphatic carbocycles. The van der Waals surface area contributed by atoms with Crippen LogP contribution in [-0.4, -0.2) is 46.3 Å². The largest absolute Gasteiger partial charge is 0.489 e. The molecule has 7 heteroatoms. The summed E-state index contributed by atoms with van der Waals surface area (Å²) in [4.78, 5) is 14.9. The third kappa shape index (κ3) is 5.02. The van der Waals surface area contributed by atoms with Crippen molar-refractivity contribution in [2.24, 2.45) is 11.7 Å². The van der Waals surface area contributed by atoms with E-state index in [2.05, 4.69) is 5.10 Å². The summed E-state index contributed by atoms with van der Waals surface area (Å²) < 4.78 is 7.52. The Balaban J connectivity index is 0.00000261. The summed E-state index contributed by atoms with van der Waals surface area (Å²) in [5, 5.41) is 4.54. The van der Waals surface area contributed by atoms with Crippen molar-refractivity contribution < 1.29 is 9.53 Å². The molecule has 0 spiro atoms. The van der Waals surface area contributed by atoms with E-state index in [9.17, 15) is 4.79 Å². The first-order chi connectivity index (χ1) is 12.6. The van der Waals surface area contributed by atoms with Crippen LogP contribution in [0.5, 0.6) is 5.75 Å². The number of benzene rings is 1. The van der Waals surface area contributed by atoms with Crippen LogP contribution in [0.15, 0.2) is 36.5 Å². The van der Waals surface area contributed by atoms with E-state index >= 15 is 0 Å². The molecule has 1 aliphatic rings. The van der Waals surface area contributed by atoms with Crippen LogP contribution in [0.4, 0.5) is 0 Å². The van der Waals surface area contributed by atoms with Crippen molar-refractivity contribution in [1.29, 1.82) is 0 Å². The Hall–Kier alpha value is -2.05. The summed E-state index contributed by atoms with van der Waals surface area (Å²) in [6.07, 6.45) is 4.55. The fourth-order valence-corrected chi connectivity index (χ4v) is 3.32. The number of piperidine rings is 1. The zero-order valence-electron chi connectivity index (χ0n) is 16.0. The fraction of sp³-hybridized carbons (Fsp3) is 0.500. The Morgan fingerprint density at radius 2 is 1.96 bits per heavy atom. The Labute approximate surface area is 167 Å². The molecule has 3 rings (SSSR count). The standard InChI is InChI=1S/C20H28N4O2.ClH/c1-3-13-26-18-14-24(17-7-5-4-6-8-17)22-19(18)20(25)23-11-9-16(10-12-23)15(2)21;/h4-8,14-16H,3,9-13,21H2,1-2H3;1H. The second-order valence-electron chi connectivity index (χ2n) is 6.96. The third-order valence-electron chi connectivity index (χ3n) is 4.94. The minimum atomic E-state index is -0.0612. The van der Waals surface area contributed by atoms with E-state index in [4.69, 9.17) is 10.5 Å². The second-order valence-corrected chi connectivity index (χ2v) is 6.96. The summed E-state index contributed by atoms with van der Waals surface area (Å²) >= 11 is 0. The molecule has 1 saturated heterocycles. The molecule has 148 valence electrons. The smallest absolute Gasteiger partial charge is 0.278 e. The van der Waals surface area contributed by atoms with E-state index in [0.29, 0.717) is 24.0 Å². The first-order valence-electron chi connectivity index (χ1n) is 9.43. The van der Waals surface area contributed by atoms with Crippen LogP contribution in [-0.2, 0) is 0 Å². The van der Waals surface area contributed by atoms with Gasteiger partial charge in [-0.3, -0.25) is 4.79 Å². The molecule has 1 aliphatic heterocycles. The average molecular weight is 393 g/mol. The number of hydrogen-bond acceptors (Lipinski definition) is 4. The monoisotopic (exact) mass is 392 g/mol. The highest BCUT2D eigenvalue weighted by Crippen LogP contribution is 2.25. The Morgan fingerprint density at radius 1 is 1.30 bits per heavy atom. The van der Waals surface area contributed by atoms with Crippen LogP contribution in [0.1, 0.15) is 43.6 Å². The van der Waals surface area contributed by atoms with Crippen LogP contribution >= 0.6 is 12.4 Å². The fourth-order valence-electron chi connectivity index (χ4n) is 3.32. The minimum absolute atomic E-state index is 0. The third-order valence-corrected chi connectivity index (χ3v) is 4.94. The summed E-state index contributed by atoms with van der Waals surface area (Å²) in [6, 6.07) is 9.94. The van der Waals surface area contributed by atoms with Gasteiger partial charge in [-0.2, -0.15) is 5.10 Å². The van der Waals surface area contributed by atoms with Crippen LogP contribution in [0.25, 0.3) is 5.69 Å². The van der Waals surface area contributed by atoms with Gasteiger partial charge < -0.3 is 15.4 Å². The number of aromatic nitrogens is 2. The Kier molecular flexibility index (Phi) is 7.68. The lowest BCUT2D eigenvalue weighted by molar-refractivity contribution is 0.0670. The summed E-state index contributed by atoms with van der Waals surface area (Å²) in [5.74, 6) is 0.973. The van der Waals surface area contributed by atoms with Gasteiger partial charge in [0.1, 0.15) is 0 Å². The minimum Gasteiger partial charge on any atom is -0.489 e. The molecule has 1 aromatic heterocycles. The van der Waals surface area contributed by atoms with Crippen molar-refractivity contribution in [1.82, 2.24) is 14.7 Å². The number of rotatable bonds is 6. The van der Waals surface area contributed by atoms with Crippen molar-refractivity contribution in [3.05, 3.63) is 42.2 Å². The number of hydrogen-bond donors (Lipinski definition) is 1. The number of ether oxygens (including phenoxy) is 1. The summed E-state index contributed by atoms with van der Waals surface area (Å²) in [5.41, 5.74) is 7.30. The molecule has 1 unspecified atom stereocenters. The number of carbonyl (C=O) groups is 1. The number of nitrogens with two attached hydrogens (primary N) is 1. The second kappa shape index (κ2) is 9.76. The lowest BCUT2D eigenvalue weighted by Gasteiger charge is -2.33. The maximum Gasteiger partial charge on any atom is 0.278 e. The number of halogens is 1. The first-order valence-corrected chi connectivity index (χ1v) is 9.43. The van der Waals surface area contributed by atoms with Crippen molar-refractivity contribution in [3.63, 3.8) is 0 Å². The summed E-state index contributed by atoms with van der Waals surface area (Å²) in [6.45, 7) is 6.09. The quantitative estimate of drug-likeness (QED) is 0.818. The molecule has 0 saturated carbocycles. The van der Waals surface area contributed by atoms with Gasteiger partial charge in [0.2, 0.25) is 0 Å². The molecular formula is C20H29ClN4O2. The van der Waals surface area contributed by atoms with E-state index in [-0.39, 0.29) is 24.4 Å². The van der Waals surface area contributed by atoms with Crippen molar-refractivity contribution in [3.8, 4) is 11.4 Å². The molecular weight excluding hydrogens is 364 g/mol. The van der Waals surface area contributed by atoms with Gasteiger partial charge in [0, 0.05) is 19.1 Å². The van der Waals surface area contributed by atoms with Crippen molar-refractivity contribution in [2.45, 2.75) is 39.2 Å². The highest BCUT2D eigenvalue weighted by Gasteiger charge is 2.29. The molecule has 1 atom stereocenters. The molecule has 1 amide bonds. The molecule has 0 radical (unpaired) electrons. The van der Waals surface area contributed by atoms with Gasteiger partial charge >= 0.3 is 0 Å². The van der Waals surface area contributed by atoms with Gasteiger partial charge in [0.15, 0.2) is 11.4 Å². The molecule has 0 bridgehead atoms. The highest BCUT2D eigenvalue weighted by atomic mass is 35.5. The Morgan fingerprint density at radius 3 is 2.56 bits per heavy atom. The van der Waals surface area contributed by atoms with Crippen LogP contribution in [0.2, 0.25) is 0 Å². The number of nitrogens with zero attached hydrogens (tertiary/aromatic N) is 3. The molecule has 6 nitrogen and oxygen atoms in total. The van der Waals surface area contributed by atoms with Crippen LogP contribution < -0.4 is 10.5 Å². The van der Waals surface area contributed by atoms with Gasteiger partial charge in [-0.05, 0) is 44.2 Å². The van der Waals surface area contributed by atoms with E-state index in [1.54, 1.807) is 10.9 Å². The van der Waals surface area contributed by atoms with Gasteiger partial charge in [-0.25, -0.2) is 4.68 Å². The molecule has 2 heterocycles. The normalized spacial score (nSPS) is 15.9. The average Bonchev–Trinajstić information content (AvgIpc) is 3.10. The number of carbonyl (C=O) groups excluding carboxylic acids is 1. The molecule has 1 fully saturated rings. The summed E-state index contributed by atoms with van der Waals surface area (Å²) in [7, 11) is 0. The van der Waals surface area contributed by atoms with Crippen molar-refractivity contribution >= 4 is 18.3 Å². The number of amides is 1. The van der Waals surface area contributed by atoms with E-state index in [0.717, 1.165) is 38.0 Å². The van der Waals surface area contributed by atoms with E-state index in [1.807, 2.05) is 49.1 Å². The van der Waals surface area contributed by atoms with Crippen LogP contribution in [0.3, 0.4) is 0 Å². The molecule has 2 N–H and O–H groups in total. The maximum absolute atomic E-state index is 13.0. The van der Waals surface area contributed by atoms with Gasteiger partial charge in [0.05, 0.1) is 18.5 Å². The van der Waals surface area contributed by atoms with Gasteiger partial charge in [-0.1, -0.05) is 25.1 Å². The maximum atomic E-state index is 13.0. The SMILES string of the molecule is CCCOc1cn(-c2ccccc2)nc1C(=O)N1CCC(C(C)N)CC1.Cl. The van der Waals surface area contributed by atoms with Crippen molar-refractivity contribution in [2.75, 3.05) is 19.7 Å².